The van der Waals surface area contributed by atoms with E-state index in [1.165, 1.54) is 13.2 Å². The Hall–Kier alpha value is -1.71. The Balaban J connectivity index is 1.41. The molecule has 2 fully saturated rings. The van der Waals surface area contributed by atoms with Crippen molar-refractivity contribution in [3.8, 4) is 5.75 Å². The fourth-order valence-electron chi connectivity index (χ4n) is 3.56. The lowest BCUT2D eigenvalue weighted by molar-refractivity contribution is -0.123. The van der Waals surface area contributed by atoms with Gasteiger partial charge in [0.1, 0.15) is 0 Å². The molecule has 0 aliphatic carbocycles. The van der Waals surface area contributed by atoms with Crippen LogP contribution < -0.4 is 10.1 Å². The van der Waals surface area contributed by atoms with E-state index in [0.717, 1.165) is 31.7 Å². The molecule has 7 nitrogen and oxygen atoms in total. The van der Waals surface area contributed by atoms with Crippen LogP contribution in [0.4, 0.5) is 4.39 Å². The molecule has 2 aliphatic rings. The second-order valence-electron chi connectivity index (χ2n) is 7.19. The number of rotatable bonds is 6. The lowest BCUT2D eigenvalue weighted by atomic mass is 10.2. The van der Waals surface area contributed by atoms with Crippen LogP contribution in [-0.4, -0.2) is 81.5 Å². The number of benzene rings is 1. The maximum Gasteiger partial charge on any atom is 0.234 e. The first-order valence-corrected chi connectivity index (χ1v) is 10.9. The molecule has 0 aromatic heterocycles. The molecule has 3 rings (SSSR count). The first-order valence-electron chi connectivity index (χ1n) is 9.11. The van der Waals surface area contributed by atoms with Gasteiger partial charge in [0, 0.05) is 38.8 Å². The zero-order valence-electron chi connectivity index (χ0n) is 15.5. The molecule has 0 radical (unpaired) electrons. The van der Waals surface area contributed by atoms with Gasteiger partial charge in [0.05, 0.1) is 25.2 Å². The van der Waals surface area contributed by atoms with Gasteiger partial charge in [-0.1, -0.05) is 6.07 Å². The van der Waals surface area contributed by atoms with Gasteiger partial charge < -0.3 is 10.1 Å². The first kappa shape index (κ1) is 20.0. The summed E-state index contributed by atoms with van der Waals surface area (Å²) in [7, 11) is -1.54. The summed E-state index contributed by atoms with van der Waals surface area (Å²) in [6.45, 7) is 4.00. The van der Waals surface area contributed by atoms with Crippen LogP contribution in [0.5, 0.6) is 5.75 Å². The van der Waals surface area contributed by atoms with E-state index in [0.29, 0.717) is 13.0 Å². The Morgan fingerprint density at radius 2 is 1.96 bits per heavy atom. The largest absolute Gasteiger partial charge is 0.494 e. The van der Waals surface area contributed by atoms with E-state index < -0.39 is 9.84 Å². The lowest BCUT2D eigenvalue weighted by Crippen LogP contribution is -2.50. The molecule has 1 amide bonds. The average Bonchev–Trinajstić information content (AvgIpc) is 2.95. The van der Waals surface area contributed by atoms with Crippen LogP contribution in [0.25, 0.3) is 0 Å². The van der Waals surface area contributed by atoms with Gasteiger partial charge in [-0.2, -0.15) is 0 Å². The smallest absolute Gasteiger partial charge is 0.234 e. The van der Waals surface area contributed by atoms with Crippen molar-refractivity contribution in [3.05, 3.63) is 29.6 Å². The number of amides is 1. The number of hydrogen-bond donors (Lipinski definition) is 1. The molecule has 1 aromatic rings. The van der Waals surface area contributed by atoms with E-state index in [-0.39, 0.29) is 41.6 Å². The number of methoxy groups -OCH3 is 1. The fraction of sp³-hybridized carbons (Fsp3) is 0.611. The minimum atomic E-state index is -2.99. The molecule has 1 N–H and O–H groups in total. The summed E-state index contributed by atoms with van der Waals surface area (Å²) < 4.78 is 41.6. The molecule has 9 heteroatoms. The van der Waals surface area contributed by atoms with E-state index in [1.807, 2.05) is 6.07 Å². The van der Waals surface area contributed by atoms with Gasteiger partial charge >= 0.3 is 0 Å². The quantitative estimate of drug-likeness (QED) is 0.739. The van der Waals surface area contributed by atoms with Crippen LogP contribution in [-0.2, 0) is 21.2 Å². The number of hydrogen-bond acceptors (Lipinski definition) is 6. The van der Waals surface area contributed by atoms with Crippen LogP contribution >= 0.6 is 0 Å². The number of halogens is 1. The maximum absolute atomic E-state index is 13.8. The van der Waals surface area contributed by atoms with Gasteiger partial charge in [0.2, 0.25) is 5.91 Å². The molecule has 0 unspecified atom stereocenters. The van der Waals surface area contributed by atoms with E-state index in [2.05, 4.69) is 15.1 Å². The lowest BCUT2D eigenvalue weighted by Gasteiger charge is -2.34. The second-order valence-corrected chi connectivity index (χ2v) is 9.42. The Kier molecular flexibility index (Phi) is 6.33. The Bertz CT molecular complexity index is 779. The van der Waals surface area contributed by atoms with Crippen molar-refractivity contribution in [1.82, 2.24) is 15.1 Å². The molecule has 1 atom stereocenters. The van der Waals surface area contributed by atoms with Crippen molar-refractivity contribution in [1.29, 1.82) is 0 Å². The van der Waals surface area contributed by atoms with E-state index in [4.69, 9.17) is 4.74 Å². The van der Waals surface area contributed by atoms with Crippen molar-refractivity contribution >= 4 is 15.7 Å². The van der Waals surface area contributed by atoms with Crippen molar-refractivity contribution in [2.75, 3.05) is 51.3 Å². The molecule has 2 aliphatic heterocycles. The minimum absolute atomic E-state index is 0.0466. The van der Waals surface area contributed by atoms with Crippen LogP contribution in [0.1, 0.15) is 12.0 Å². The van der Waals surface area contributed by atoms with Crippen LogP contribution in [0.3, 0.4) is 0 Å². The van der Waals surface area contributed by atoms with Crippen LogP contribution in [0.2, 0.25) is 0 Å². The standard InChI is InChI=1S/C18H26FN3O4S/c1-26-17-3-2-14(10-16(17)19)11-21-5-7-22(8-6-21)12-18(23)20-15-4-9-27(24,25)13-15/h2-3,10,15H,4-9,11-13H2,1H3,(H,20,23)/t15-/m0/s1. The third kappa shape index (κ3) is 5.63. The normalized spacial score (nSPS) is 23.3. The topological polar surface area (TPSA) is 79.0 Å². The molecule has 2 heterocycles. The molecule has 0 spiro atoms. The highest BCUT2D eigenvalue weighted by molar-refractivity contribution is 7.91. The van der Waals surface area contributed by atoms with Crippen molar-refractivity contribution in [3.63, 3.8) is 0 Å². The van der Waals surface area contributed by atoms with E-state index in [1.54, 1.807) is 6.07 Å². The highest BCUT2D eigenvalue weighted by Gasteiger charge is 2.29. The predicted molar refractivity (Wildman–Crippen MR) is 99.9 cm³/mol. The summed E-state index contributed by atoms with van der Waals surface area (Å²) in [6, 6.07) is 4.73. The number of piperazine rings is 1. The Morgan fingerprint density at radius 1 is 1.26 bits per heavy atom. The third-order valence-electron chi connectivity index (χ3n) is 5.05. The summed E-state index contributed by atoms with van der Waals surface area (Å²) in [5, 5.41) is 2.82. The summed E-state index contributed by atoms with van der Waals surface area (Å²) in [6.07, 6.45) is 0.500. The molecule has 27 heavy (non-hydrogen) atoms. The van der Waals surface area contributed by atoms with Crippen molar-refractivity contribution in [2.24, 2.45) is 0 Å². The van der Waals surface area contributed by atoms with Gasteiger partial charge in [-0.15, -0.1) is 0 Å². The fourth-order valence-corrected chi connectivity index (χ4v) is 5.23. The summed E-state index contributed by atoms with van der Waals surface area (Å²) in [5.74, 6) is -0.0419. The zero-order valence-corrected chi connectivity index (χ0v) is 16.3. The van der Waals surface area contributed by atoms with E-state index in [9.17, 15) is 17.6 Å². The van der Waals surface area contributed by atoms with Gasteiger partial charge in [0.15, 0.2) is 21.4 Å². The highest BCUT2D eigenvalue weighted by atomic mass is 32.2. The molecular weight excluding hydrogens is 373 g/mol. The Morgan fingerprint density at radius 3 is 2.56 bits per heavy atom. The van der Waals surface area contributed by atoms with Gasteiger partial charge in [0.25, 0.3) is 0 Å². The molecule has 0 bridgehead atoms. The molecule has 150 valence electrons. The average molecular weight is 399 g/mol. The van der Waals surface area contributed by atoms with Crippen LogP contribution in [0, 0.1) is 5.82 Å². The number of nitrogens with zero attached hydrogens (tertiary/aromatic N) is 2. The third-order valence-corrected chi connectivity index (χ3v) is 6.82. The van der Waals surface area contributed by atoms with Crippen LogP contribution in [0.15, 0.2) is 18.2 Å². The number of ether oxygens (including phenoxy) is 1. The molecule has 0 saturated carbocycles. The first-order chi connectivity index (χ1) is 12.8. The van der Waals surface area contributed by atoms with E-state index >= 15 is 0 Å². The van der Waals surface area contributed by atoms with Gasteiger partial charge in [-0.3, -0.25) is 14.6 Å². The maximum atomic E-state index is 13.8. The molecule has 1 aromatic carbocycles. The summed E-state index contributed by atoms with van der Waals surface area (Å²) in [4.78, 5) is 16.4. The van der Waals surface area contributed by atoms with Gasteiger partial charge in [-0.05, 0) is 24.1 Å². The number of sulfone groups is 1. The molecule has 2 saturated heterocycles. The highest BCUT2D eigenvalue weighted by Crippen LogP contribution is 2.19. The summed E-state index contributed by atoms with van der Waals surface area (Å²) in [5.41, 5.74) is 0.891. The van der Waals surface area contributed by atoms with Crippen molar-refractivity contribution in [2.45, 2.75) is 19.0 Å². The number of nitrogens with one attached hydrogen (secondary N) is 1. The number of carbonyl (C=O) groups is 1. The monoisotopic (exact) mass is 399 g/mol. The predicted octanol–water partition coefficient (Wildman–Crippen LogP) is 0.255. The molecular formula is C18H26FN3O4S. The minimum Gasteiger partial charge on any atom is -0.494 e. The zero-order chi connectivity index (χ0) is 19.4. The SMILES string of the molecule is COc1ccc(CN2CCN(CC(=O)N[C@H]3CCS(=O)(=O)C3)CC2)cc1F. The van der Waals surface area contributed by atoms with Crippen molar-refractivity contribution < 1.29 is 22.3 Å². The van der Waals surface area contributed by atoms with Gasteiger partial charge in [-0.25, -0.2) is 12.8 Å². The Labute approximate surface area is 159 Å². The summed E-state index contributed by atoms with van der Waals surface area (Å²) >= 11 is 0. The number of carbonyl (C=O) groups excluding carboxylic acids is 1. The second kappa shape index (κ2) is 8.53.